The van der Waals surface area contributed by atoms with Crippen LogP contribution in [0.5, 0.6) is 11.5 Å². The summed E-state index contributed by atoms with van der Waals surface area (Å²) in [6.45, 7) is 5.10. The first-order valence-electron chi connectivity index (χ1n) is 11.0. The molecule has 0 spiro atoms. The number of hydrogen-bond donors (Lipinski definition) is 1. The Morgan fingerprint density at radius 2 is 1.97 bits per heavy atom. The number of aldehydes is 1. The van der Waals surface area contributed by atoms with Crippen molar-refractivity contribution in [3.8, 4) is 11.5 Å². The highest BCUT2D eigenvalue weighted by Crippen LogP contribution is 2.27. The molecule has 6 nitrogen and oxygen atoms in total. The highest BCUT2D eigenvalue weighted by atomic mass is 16.5. The van der Waals surface area contributed by atoms with Gasteiger partial charge in [-0.3, -0.25) is 9.69 Å². The summed E-state index contributed by atoms with van der Waals surface area (Å²) in [6.07, 6.45) is 3.46. The fourth-order valence-corrected chi connectivity index (χ4v) is 3.83. The van der Waals surface area contributed by atoms with Crippen LogP contribution in [0.4, 0.5) is 0 Å². The van der Waals surface area contributed by atoms with E-state index in [4.69, 9.17) is 14.2 Å². The first kappa shape index (κ1) is 23.3. The lowest BCUT2D eigenvalue weighted by molar-refractivity contribution is 0.0310. The SMILES string of the molecule is CCc1ccc(CN(CC(O)COc2ccc(C=O)cc2OC)CC2CCCO2)cc1. The second kappa shape index (κ2) is 11.8. The van der Waals surface area contributed by atoms with Crippen molar-refractivity contribution in [3.63, 3.8) is 0 Å². The van der Waals surface area contributed by atoms with Gasteiger partial charge in [0, 0.05) is 31.8 Å². The van der Waals surface area contributed by atoms with Crippen molar-refractivity contribution < 1.29 is 24.1 Å². The molecule has 2 aromatic carbocycles. The van der Waals surface area contributed by atoms with Gasteiger partial charge in [-0.1, -0.05) is 31.2 Å². The van der Waals surface area contributed by atoms with E-state index in [9.17, 15) is 9.90 Å². The van der Waals surface area contributed by atoms with Crippen molar-refractivity contribution >= 4 is 6.29 Å². The third kappa shape index (κ3) is 7.06. The Balaban J connectivity index is 1.60. The van der Waals surface area contributed by atoms with Gasteiger partial charge in [0.25, 0.3) is 0 Å². The number of hydrogen-bond acceptors (Lipinski definition) is 6. The first-order valence-corrected chi connectivity index (χ1v) is 11.0. The summed E-state index contributed by atoms with van der Waals surface area (Å²) < 4.78 is 16.9. The van der Waals surface area contributed by atoms with Gasteiger partial charge >= 0.3 is 0 Å². The zero-order valence-corrected chi connectivity index (χ0v) is 18.5. The third-order valence-electron chi connectivity index (χ3n) is 5.55. The number of ether oxygens (including phenoxy) is 3. The Labute approximate surface area is 184 Å². The van der Waals surface area contributed by atoms with Gasteiger partial charge in [-0.15, -0.1) is 0 Å². The summed E-state index contributed by atoms with van der Waals surface area (Å²) in [5.74, 6) is 0.983. The minimum absolute atomic E-state index is 0.133. The molecule has 1 fully saturated rings. The second-order valence-corrected chi connectivity index (χ2v) is 7.99. The minimum Gasteiger partial charge on any atom is -0.493 e. The van der Waals surface area contributed by atoms with Crippen molar-refractivity contribution in [2.75, 3.05) is 33.4 Å². The lowest BCUT2D eigenvalue weighted by Crippen LogP contribution is -2.39. The van der Waals surface area contributed by atoms with Crippen LogP contribution in [-0.2, 0) is 17.7 Å². The Kier molecular flexibility index (Phi) is 8.88. The van der Waals surface area contributed by atoms with Gasteiger partial charge in [0.15, 0.2) is 11.5 Å². The largest absolute Gasteiger partial charge is 0.493 e. The van der Waals surface area contributed by atoms with E-state index in [1.54, 1.807) is 18.2 Å². The molecule has 31 heavy (non-hydrogen) atoms. The molecule has 0 saturated carbocycles. The van der Waals surface area contributed by atoms with Gasteiger partial charge < -0.3 is 19.3 Å². The van der Waals surface area contributed by atoms with Crippen LogP contribution in [0.1, 0.15) is 41.3 Å². The molecular weight excluding hydrogens is 394 g/mol. The number of rotatable bonds is 12. The highest BCUT2D eigenvalue weighted by molar-refractivity contribution is 5.76. The molecular formula is C25H33NO5. The van der Waals surface area contributed by atoms with E-state index in [0.717, 1.165) is 45.2 Å². The summed E-state index contributed by atoms with van der Waals surface area (Å²) in [5, 5.41) is 10.7. The maximum Gasteiger partial charge on any atom is 0.161 e. The summed E-state index contributed by atoms with van der Waals surface area (Å²) in [7, 11) is 1.53. The van der Waals surface area contributed by atoms with Gasteiger partial charge in [0.2, 0.25) is 0 Å². The van der Waals surface area contributed by atoms with E-state index in [1.807, 2.05) is 0 Å². The van der Waals surface area contributed by atoms with Crippen LogP contribution in [0, 0.1) is 0 Å². The van der Waals surface area contributed by atoms with Crippen LogP contribution in [0.25, 0.3) is 0 Å². The number of aliphatic hydroxyl groups is 1. The molecule has 2 aromatic rings. The number of aryl methyl sites for hydroxylation is 1. The predicted octanol–water partition coefficient (Wildman–Crippen LogP) is 3.49. The van der Waals surface area contributed by atoms with Gasteiger partial charge in [0.05, 0.1) is 13.2 Å². The van der Waals surface area contributed by atoms with Crippen molar-refractivity contribution in [1.29, 1.82) is 0 Å². The van der Waals surface area contributed by atoms with Gasteiger partial charge in [-0.2, -0.15) is 0 Å². The van der Waals surface area contributed by atoms with Crippen molar-refractivity contribution in [1.82, 2.24) is 4.90 Å². The number of nitrogens with zero attached hydrogens (tertiary/aromatic N) is 1. The van der Waals surface area contributed by atoms with Crippen LogP contribution in [0.15, 0.2) is 42.5 Å². The number of methoxy groups -OCH3 is 1. The molecule has 1 saturated heterocycles. The Morgan fingerprint density at radius 3 is 2.61 bits per heavy atom. The van der Waals surface area contributed by atoms with E-state index >= 15 is 0 Å². The molecule has 0 aromatic heterocycles. The lowest BCUT2D eigenvalue weighted by Gasteiger charge is -2.27. The zero-order valence-electron chi connectivity index (χ0n) is 18.5. The molecule has 2 unspecified atom stereocenters. The lowest BCUT2D eigenvalue weighted by atomic mass is 10.1. The van der Waals surface area contributed by atoms with Crippen LogP contribution < -0.4 is 9.47 Å². The fraction of sp³-hybridized carbons (Fsp3) is 0.480. The predicted molar refractivity (Wildman–Crippen MR) is 120 cm³/mol. The number of benzene rings is 2. The Hall–Kier alpha value is -2.41. The molecule has 1 N–H and O–H groups in total. The second-order valence-electron chi connectivity index (χ2n) is 7.99. The molecule has 3 rings (SSSR count). The van der Waals surface area contributed by atoms with Crippen LogP contribution >= 0.6 is 0 Å². The van der Waals surface area contributed by atoms with E-state index in [2.05, 4.69) is 36.1 Å². The fourth-order valence-electron chi connectivity index (χ4n) is 3.83. The molecule has 2 atom stereocenters. The smallest absolute Gasteiger partial charge is 0.161 e. The molecule has 168 valence electrons. The molecule has 0 radical (unpaired) electrons. The van der Waals surface area contributed by atoms with Crippen LogP contribution in [0.3, 0.4) is 0 Å². The topological polar surface area (TPSA) is 68.2 Å². The van der Waals surface area contributed by atoms with Crippen molar-refractivity contribution in [2.24, 2.45) is 0 Å². The standard InChI is InChI=1S/C25H33NO5/c1-3-19-6-8-20(9-7-19)14-26(16-23-5-4-12-30-23)15-22(28)18-31-24-11-10-21(17-27)13-25(24)29-2/h6-11,13,17,22-23,28H,3-5,12,14-16,18H2,1-2H3. The first-order chi connectivity index (χ1) is 15.1. The maximum absolute atomic E-state index is 10.9. The monoisotopic (exact) mass is 427 g/mol. The molecule has 1 aliphatic heterocycles. The van der Waals surface area contributed by atoms with Gasteiger partial charge in [-0.05, 0) is 48.6 Å². The zero-order chi connectivity index (χ0) is 22.1. The Morgan fingerprint density at radius 1 is 1.19 bits per heavy atom. The third-order valence-corrected chi connectivity index (χ3v) is 5.55. The van der Waals surface area contributed by atoms with Crippen LogP contribution in [-0.4, -0.2) is 61.9 Å². The summed E-state index contributed by atoms with van der Waals surface area (Å²) in [6, 6.07) is 13.6. The quantitative estimate of drug-likeness (QED) is 0.523. The average Bonchev–Trinajstić information content (AvgIpc) is 3.31. The normalized spacial score (nSPS) is 17.0. The Bertz CT molecular complexity index is 817. The molecule has 0 bridgehead atoms. The highest BCUT2D eigenvalue weighted by Gasteiger charge is 2.22. The van der Waals surface area contributed by atoms with E-state index < -0.39 is 6.10 Å². The molecule has 0 amide bonds. The molecule has 6 heteroatoms. The summed E-state index contributed by atoms with van der Waals surface area (Å²) in [5.41, 5.74) is 3.05. The minimum atomic E-state index is -0.674. The van der Waals surface area contributed by atoms with E-state index in [0.29, 0.717) is 23.6 Å². The number of carbonyl (C=O) groups is 1. The number of aliphatic hydroxyl groups excluding tert-OH is 1. The molecule has 1 heterocycles. The van der Waals surface area contributed by atoms with Gasteiger partial charge in [-0.25, -0.2) is 0 Å². The van der Waals surface area contributed by atoms with Crippen molar-refractivity contribution in [2.45, 2.75) is 44.9 Å². The van der Waals surface area contributed by atoms with Crippen LogP contribution in [0.2, 0.25) is 0 Å². The van der Waals surface area contributed by atoms with Crippen molar-refractivity contribution in [3.05, 3.63) is 59.2 Å². The van der Waals surface area contributed by atoms with Gasteiger partial charge in [0.1, 0.15) is 19.0 Å². The summed E-state index contributed by atoms with van der Waals surface area (Å²) >= 11 is 0. The molecule has 1 aliphatic rings. The average molecular weight is 428 g/mol. The number of carbonyl (C=O) groups excluding carboxylic acids is 1. The van der Waals surface area contributed by atoms with E-state index in [1.165, 1.54) is 18.2 Å². The van der Waals surface area contributed by atoms with E-state index in [-0.39, 0.29) is 12.7 Å². The maximum atomic E-state index is 10.9. The molecule has 0 aliphatic carbocycles. The summed E-state index contributed by atoms with van der Waals surface area (Å²) in [4.78, 5) is 13.2.